The SMILES string of the molecule is Cc1cc(C(=O)NCCS(C)(=O)=O)cc(C)c1OCc1cccnc1. The molecule has 0 fully saturated rings. The summed E-state index contributed by atoms with van der Waals surface area (Å²) in [5, 5.41) is 2.62. The van der Waals surface area contributed by atoms with Gasteiger partial charge in [-0.25, -0.2) is 8.42 Å². The molecule has 1 aromatic carbocycles. The molecule has 0 radical (unpaired) electrons. The van der Waals surface area contributed by atoms with Crippen LogP contribution in [0.1, 0.15) is 27.0 Å². The van der Waals surface area contributed by atoms with Gasteiger partial charge in [-0.3, -0.25) is 9.78 Å². The molecule has 1 aromatic heterocycles. The number of amides is 1. The minimum atomic E-state index is -3.10. The molecular weight excluding hydrogens is 340 g/mol. The Balaban J connectivity index is 2.04. The van der Waals surface area contributed by atoms with E-state index in [0.29, 0.717) is 12.2 Å². The van der Waals surface area contributed by atoms with Crippen LogP contribution in [-0.4, -0.2) is 37.9 Å². The number of carbonyl (C=O) groups excluding carboxylic acids is 1. The number of nitrogens with zero attached hydrogens (tertiary/aromatic N) is 1. The van der Waals surface area contributed by atoms with E-state index in [0.717, 1.165) is 28.7 Å². The molecule has 1 heterocycles. The molecule has 6 nitrogen and oxygen atoms in total. The Morgan fingerprint density at radius 3 is 2.48 bits per heavy atom. The molecule has 0 atom stereocenters. The van der Waals surface area contributed by atoms with Crippen molar-refractivity contribution in [3.8, 4) is 5.75 Å². The van der Waals surface area contributed by atoms with E-state index in [9.17, 15) is 13.2 Å². The number of carbonyl (C=O) groups is 1. The van der Waals surface area contributed by atoms with Gasteiger partial charge in [-0.15, -0.1) is 0 Å². The van der Waals surface area contributed by atoms with Crippen LogP contribution in [0.25, 0.3) is 0 Å². The number of nitrogens with one attached hydrogen (secondary N) is 1. The minimum absolute atomic E-state index is 0.0803. The first-order chi connectivity index (χ1) is 11.8. The number of hydrogen-bond acceptors (Lipinski definition) is 5. The molecule has 1 amide bonds. The van der Waals surface area contributed by atoms with Crippen LogP contribution in [0.15, 0.2) is 36.7 Å². The normalized spacial score (nSPS) is 11.2. The zero-order valence-electron chi connectivity index (χ0n) is 14.6. The van der Waals surface area contributed by atoms with E-state index in [1.165, 1.54) is 0 Å². The lowest BCUT2D eigenvalue weighted by atomic mass is 10.1. The third kappa shape index (κ3) is 5.86. The van der Waals surface area contributed by atoms with Gasteiger partial charge in [0, 0.05) is 36.3 Å². The molecule has 0 saturated heterocycles. The van der Waals surface area contributed by atoms with E-state index in [1.54, 1.807) is 24.5 Å². The summed E-state index contributed by atoms with van der Waals surface area (Å²) >= 11 is 0. The Morgan fingerprint density at radius 2 is 1.92 bits per heavy atom. The predicted molar refractivity (Wildman–Crippen MR) is 96.5 cm³/mol. The van der Waals surface area contributed by atoms with Crippen LogP contribution in [0, 0.1) is 13.8 Å². The lowest BCUT2D eigenvalue weighted by molar-refractivity contribution is 0.0956. The summed E-state index contributed by atoms with van der Waals surface area (Å²) in [6.07, 6.45) is 4.59. The number of rotatable bonds is 7. The summed E-state index contributed by atoms with van der Waals surface area (Å²) in [7, 11) is -3.10. The summed E-state index contributed by atoms with van der Waals surface area (Å²) in [6.45, 7) is 4.24. The minimum Gasteiger partial charge on any atom is -0.488 e. The Kier molecular flexibility index (Phi) is 6.14. The van der Waals surface area contributed by atoms with Crippen LogP contribution in [0.2, 0.25) is 0 Å². The van der Waals surface area contributed by atoms with E-state index in [2.05, 4.69) is 10.3 Å². The number of benzene rings is 1. The second-order valence-corrected chi connectivity index (χ2v) is 8.23. The van der Waals surface area contributed by atoms with Crippen LogP contribution in [-0.2, 0) is 16.4 Å². The summed E-state index contributed by atoms with van der Waals surface area (Å²) in [4.78, 5) is 16.2. The quantitative estimate of drug-likeness (QED) is 0.815. The molecule has 0 spiro atoms. The summed E-state index contributed by atoms with van der Waals surface area (Å²) in [6, 6.07) is 7.26. The highest BCUT2D eigenvalue weighted by atomic mass is 32.2. The van der Waals surface area contributed by atoms with Crippen LogP contribution >= 0.6 is 0 Å². The molecule has 2 aromatic rings. The fraction of sp³-hybridized carbons (Fsp3) is 0.333. The van der Waals surface area contributed by atoms with Crippen molar-refractivity contribution >= 4 is 15.7 Å². The Morgan fingerprint density at radius 1 is 1.24 bits per heavy atom. The molecule has 134 valence electrons. The van der Waals surface area contributed by atoms with Gasteiger partial charge in [-0.1, -0.05) is 6.07 Å². The first-order valence-corrected chi connectivity index (χ1v) is 9.91. The molecule has 0 saturated carbocycles. The highest BCUT2D eigenvalue weighted by Crippen LogP contribution is 2.25. The monoisotopic (exact) mass is 362 g/mol. The molecule has 1 N–H and O–H groups in total. The molecule has 0 aliphatic rings. The van der Waals surface area contributed by atoms with Gasteiger partial charge in [0.15, 0.2) is 0 Å². The third-order valence-electron chi connectivity index (χ3n) is 3.59. The predicted octanol–water partition coefficient (Wildman–Crippen LogP) is 2.05. The van der Waals surface area contributed by atoms with Gasteiger partial charge in [-0.2, -0.15) is 0 Å². The second kappa shape index (κ2) is 8.11. The topological polar surface area (TPSA) is 85.4 Å². The molecule has 25 heavy (non-hydrogen) atoms. The van der Waals surface area contributed by atoms with Crippen molar-refractivity contribution in [2.75, 3.05) is 18.6 Å². The second-order valence-electron chi connectivity index (χ2n) is 5.97. The average molecular weight is 362 g/mol. The number of pyridine rings is 1. The number of aryl methyl sites for hydroxylation is 2. The van der Waals surface area contributed by atoms with Gasteiger partial charge >= 0.3 is 0 Å². The fourth-order valence-electron chi connectivity index (χ4n) is 2.40. The zero-order valence-corrected chi connectivity index (χ0v) is 15.4. The van der Waals surface area contributed by atoms with Gasteiger partial charge in [0.25, 0.3) is 5.91 Å². The van der Waals surface area contributed by atoms with E-state index in [4.69, 9.17) is 4.74 Å². The summed E-state index contributed by atoms with van der Waals surface area (Å²) in [5.41, 5.74) is 3.13. The van der Waals surface area contributed by atoms with Crippen LogP contribution in [0.4, 0.5) is 0 Å². The highest BCUT2D eigenvalue weighted by Gasteiger charge is 2.12. The standard InChI is InChI=1S/C18H22N2O4S/c1-13-9-16(18(21)20-7-8-25(3,22)23)10-14(2)17(13)24-12-15-5-4-6-19-11-15/h4-6,9-11H,7-8,12H2,1-3H3,(H,20,21). The average Bonchev–Trinajstić information content (AvgIpc) is 2.53. The molecular formula is C18H22N2O4S. The number of hydrogen-bond donors (Lipinski definition) is 1. The lowest BCUT2D eigenvalue weighted by Crippen LogP contribution is -2.28. The van der Waals surface area contributed by atoms with Crippen LogP contribution < -0.4 is 10.1 Å². The van der Waals surface area contributed by atoms with E-state index < -0.39 is 9.84 Å². The van der Waals surface area contributed by atoms with Crippen molar-refractivity contribution < 1.29 is 17.9 Å². The van der Waals surface area contributed by atoms with E-state index in [-0.39, 0.29) is 18.2 Å². The van der Waals surface area contributed by atoms with Gasteiger partial charge < -0.3 is 10.1 Å². The molecule has 0 aliphatic heterocycles. The zero-order chi connectivity index (χ0) is 18.4. The third-order valence-corrected chi connectivity index (χ3v) is 4.53. The first-order valence-electron chi connectivity index (χ1n) is 7.85. The maximum atomic E-state index is 12.2. The maximum Gasteiger partial charge on any atom is 0.251 e. The first kappa shape index (κ1) is 18.9. The van der Waals surface area contributed by atoms with Crippen LogP contribution in [0.3, 0.4) is 0 Å². The van der Waals surface area contributed by atoms with Crippen molar-refractivity contribution in [3.05, 3.63) is 58.9 Å². The highest BCUT2D eigenvalue weighted by molar-refractivity contribution is 7.90. The lowest BCUT2D eigenvalue weighted by Gasteiger charge is -2.14. The number of aromatic nitrogens is 1. The molecule has 0 bridgehead atoms. The van der Waals surface area contributed by atoms with Gasteiger partial charge in [-0.05, 0) is 43.2 Å². The van der Waals surface area contributed by atoms with Crippen LogP contribution in [0.5, 0.6) is 5.75 Å². The van der Waals surface area contributed by atoms with Gasteiger partial charge in [0.05, 0.1) is 5.75 Å². The van der Waals surface area contributed by atoms with Crippen molar-refractivity contribution in [1.29, 1.82) is 0 Å². The maximum absolute atomic E-state index is 12.2. The summed E-state index contributed by atoms with van der Waals surface area (Å²) < 4.78 is 28.1. The van der Waals surface area contributed by atoms with Crippen molar-refractivity contribution in [2.45, 2.75) is 20.5 Å². The molecule has 0 aliphatic carbocycles. The largest absolute Gasteiger partial charge is 0.488 e. The number of sulfone groups is 1. The van der Waals surface area contributed by atoms with Crippen molar-refractivity contribution in [3.63, 3.8) is 0 Å². The molecule has 2 rings (SSSR count). The Bertz CT molecular complexity index is 826. The molecule has 7 heteroatoms. The van der Waals surface area contributed by atoms with Crippen molar-refractivity contribution in [1.82, 2.24) is 10.3 Å². The van der Waals surface area contributed by atoms with Gasteiger partial charge in [0.1, 0.15) is 22.2 Å². The summed E-state index contributed by atoms with van der Waals surface area (Å²) in [5.74, 6) is 0.355. The smallest absolute Gasteiger partial charge is 0.251 e. The van der Waals surface area contributed by atoms with Crippen molar-refractivity contribution in [2.24, 2.45) is 0 Å². The number of ether oxygens (including phenoxy) is 1. The Labute approximate surface area is 148 Å². The molecule has 0 unspecified atom stereocenters. The van der Waals surface area contributed by atoms with E-state index >= 15 is 0 Å². The fourth-order valence-corrected chi connectivity index (χ4v) is 2.87. The van der Waals surface area contributed by atoms with Gasteiger partial charge in [0.2, 0.25) is 0 Å². The Hall–Kier alpha value is -2.41. The van der Waals surface area contributed by atoms with E-state index in [1.807, 2.05) is 26.0 Å².